The predicted octanol–water partition coefficient (Wildman–Crippen LogP) is 6.20. The molecule has 110 valence electrons. The van der Waals surface area contributed by atoms with Crippen LogP contribution < -0.4 is 0 Å². The molecule has 0 fully saturated rings. The standard InChI is InChI=1S/C22H22/c1-4-18-15-21(19-11-7-5-8-12-19)22(17(3)16(18)2)20-13-9-6-10-14-20/h5-15H,4H2,1-3H3. The third kappa shape index (κ3) is 2.57. The molecule has 0 heteroatoms. The highest BCUT2D eigenvalue weighted by molar-refractivity contribution is 5.87. The second-order valence-corrected chi connectivity index (χ2v) is 5.79. The molecule has 0 spiro atoms. The van der Waals surface area contributed by atoms with Gasteiger partial charge in [-0.1, -0.05) is 73.7 Å². The lowest BCUT2D eigenvalue weighted by Crippen LogP contribution is -1.97. The lowest BCUT2D eigenvalue weighted by atomic mass is 9.85. The Morgan fingerprint density at radius 1 is 0.682 bits per heavy atom. The molecule has 0 aliphatic rings. The molecule has 22 heavy (non-hydrogen) atoms. The van der Waals surface area contributed by atoms with E-state index in [2.05, 4.69) is 87.5 Å². The fourth-order valence-electron chi connectivity index (χ4n) is 3.17. The van der Waals surface area contributed by atoms with Gasteiger partial charge >= 0.3 is 0 Å². The van der Waals surface area contributed by atoms with Crippen molar-refractivity contribution in [1.82, 2.24) is 0 Å². The average molecular weight is 286 g/mol. The molecule has 0 bridgehead atoms. The van der Waals surface area contributed by atoms with Crippen LogP contribution >= 0.6 is 0 Å². The minimum absolute atomic E-state index is 1.07. The lowest BCUT2D eigenvalue weighted by molar-refractivity contribution is 1.10. The van der Waals surface area contributed by atoms with Crippen molar-refractivity contribution < 1.29 is 0 Å². The summed E-state index contributed by atoms with van der Waals surface area (Å²) in [5.74, 6) is 0. The Morgan fingerprint density at radius 2 is 1.23 bits per heavy atom. The first-order valence-corrected chi connectivity index (χ1v) is 7.96. The van der Waals surface area contributed by atoms with E-state index < -0.39 is 0 Å². The SMILES string of the molecule is CCc1cc(-c2ccccc2)c(-c2ccccc2)c(C)c1C. The van der Waals surface area contributed by atoms with Crippen LogP contribution in [0.2, 0.25) is 0 Å². The fourth-order valence-corrected chi connectivity index (χ4v) is 3.17. The topological polar surface area (TPSA) is 0 Å². The van der Waals surface area contributed by atoms with Gasteiger partial charge in [-0.05, 0) is 59.2 Å². The Morgan fingerprint density at radius 3 is 1.77 bits per heavy atom. The molecule has 0 saturated carbocycles. The van der Waals surface area contributed by atoms with E-state index in [1.54, 1.807) is 0 Å². The van der Waals surface area contributed by atoms with Gasteiger partial charge in [0, 0.05) is 0 Å². The molecule has 0 heterocycles. The molecular formula is C22H22. The van der Waals surface area contributed by atoms with Crippen molar-refractivity contribution in [1.29, 1.82) is 0 Å². The summed E-state index contributed by atoms with van der Waals surface area (Å²) in [7, 11) is 0. The largest absolute Gasteiger partial charge is 0.0622 e. The Hall–Kier alpha value is -2.34. The lowest BCUT2D eigenvalue weighted by Gasteiger charge is -2.19. The maximum atomic E-state index is 2.38. The summed E-state index contributed by atoms with van der Waals surface area (Å²) >= 11 is 0. The smallest absolute Gasteiger partial charge is 0.00733 e. The van der Waals surface area contributed by atoms with E-state index in [0.29, 0.717) is 0 Å². The zero-order valence-electron chi connectivity index (χ0n) is 13.6. The molecule has 3 aromatic rings. The highest BCUT2D eigenvalue weighted by Gasteiger charge is 2.14. The van der Waals surface area contributed by atoms with Crippen LogP contribution in [0.4, 0.5) is 0 Å². The van der Waals surface area contributed by atoms with E-state index in [1.807, 2.05) is 0 Å². The van der Waals surface area contributed by atoms with Crippen LogP contribution in [0.15, 0.2) is 66.7 Å². The highest BCUT2D eigenvalue weighted by atomic mass is 14.2. The van der Waals surface area contributed by atoms with Crippen molar-refractivity contribution in [3.8, 4) is 22.3 Å². The third-order valence-corrected chi connectivity index (χ3v) is 4.54. The molecule has 0 aliphatic heterocycles. The summed E-state index contributed by atoms with van der Waals surface area (Å²) in [6.07, 6.45) is 1.07. The summed E-state index contributed by atoms with van der Waals surface area (Å²) in [4.78, 5) is 0. The molecule has 0 radical (unpaired) electrons. The van der Waals surface area contributed by atoms with E-state index in [1.165, 1.54) is 38.9 Å². The van der Waals surface area contributed by atoms with Gasteiger partial charge in [-0.2, -0.15) is 0 Å². The van der Waals surface area contributed by atoms with Crippen molar-refractivity contribution in [2.75, 3.05) is 0 Å². The monoisotopic (exact) mass is 286 g/mol. The highest BCUT2D eigenvalue weighted by Crippen LogP contribution is 2.37. The molecule has 3 rings (SSSR count). The van der Waals surface area contributed by atoms with E-state index in [-0.39, 0.29) is 0 Å². The minimum Gasteiger partial charge on any atom is -0.0622 e. The van der Waals surface area contributed by atoms with Crippen LogP contribution in [0.25, 0.3) is 22.3 Å². The van der Waals surface area contributed by atoms with E-state index in [4.69, 9.17) is 0 Å². The van der Waals surface area contributed by atoms with Gasteiger partial charge in [0.15, 0.2) is 0 Å². The van der Waals surface area contributed by atoms with Gasteiger partial charge < -0.3 is 0 Å². The van der Waals surface area contributed by atoms with E-state index in [9.17, 15) is 0 Å². The second kappa shape index (κ2) is 6.19. The molecule has 0 N–H and O–H groups in total. The van der Waals surface area contributed by atoms with Crippen molar-refractivity contribution in [3.05, 3.63) is 83.4 Å². The van der Waals surface area contributed by atoms with Crippen LogP contribution in [0.3, 0.4) is 0 Å². The maximum absolute atomic E-state index is 2.38. The van der Waals surface area contributed by atoms with Crippen molar-refractivity contribution in [2.45, 2.75) is 27.2 Å². The third-order valence-electron chi connectivity index (χ3n) is 4.54. The normalized spacial score (nSPS) is 10.7. The van der Waals surface area contributed by atoms with E-state index >= 15 is 0 Å². The van der Waals surface area contributed by atoms with Crippen LogP contribution in [0.5, 0.6) is 0 Å². The maximum Gasteiger partial charge on any atom is -0.00733 e. The number of hydrogen-bond acceptors (Lipinski definition) is 0. The Balaban J connectivity index is 2.34. The summed E-state index contributed by atoms with van der Waals surface area (Å²) < 4.78 is 0. The minimum atomic E-state index is 1.07. The molecule has 0 aromatic heterocycles. The van der Waals surface area contributed by atoms with Crippen LogP contribution in [-0.2, 0) is 6.42 Å². The van der Waals surface area contributed by atoms with Crippen molar-refractivity contribution in [3.63, 3.8) is 0 Å². The van der Waals surface area contributed by atoms with Gasteiger partial charge in [0.05, 0.1) is 0 Å². The summed E-state index contributed by atoms with van der Waals surface area (Å²) in [5.41, 5.74) is 9.54. The van der Waals surface area contributed by atoms with Gasteiger partial charge in [-0.3, -0.25) is 0 Å². The molecule has 3 aromatic carbocycles. The van der Waals surface area contributed by atoms with Gasteiger partial charge in [0.25, 0.3) is 0 Å². The molecule has 0 unspecified atom stereocenters. The van der Waals surface area contributed by atoms with Crippen molar-refractivity contribution in [2.24, 2.45) is 0 Å². The quantitative estimate of drug-likeness (QED) is 0.537. The second-order valence-electron chi connectivity index (χ2n) is 5.79. The Labute approximate surface area is 133 Å². The predicted molar refractivity (Wildman–Crippen MR) is 96.2 cm³/mol. The summed E-state index contributed by atoms with van der Waals surface area (Å²) in [6, 6.07) is 23.8. The summed E-state index contributed by atoms with van der Waals surface area (Å²) in [6.45, 7) is 6.73. The van der Waals surface area contributed by atoms with Crippen LogP contribution in [-0.4, -0.2) is 0 Å². The Bertz CT molecular complexity index is 768. The molecule has 0 amide bonds. The first kappa shape index (κ1) is 14.6. The molecule has 0 atom stereocenters. The number of benzene rings is 3. The van der Waals surface area contributed by atoms with Gasteiger partial charge in [0.1, 0.15) is 0 Å². The fraction of sp³-hybridized carbons (Fsp3) is 0.182. The average Bonchev–Trinajstić information content (AvgIpc) is 2.58. The number of aryl methyl sites for hydroxylation is 1. The van der Waals surface area contributed by atoms with Crippen LogP contribution in [0.1, 0.15) is 23.6 Å². The molecule has 0 nitrogen and oxygen atoms in total. The van der Waals surface area contributed by atoms with E-state index in [0.717, 1.165) is 6.42 Å². The molecule has 0 aliphatic carbocycles. The van der Waals surface area contributed by atoms with Gasteiger partial charge in [0.2, 0.25) is 0 Å². The van der Waals surface area contributed by atoms with Crippen LogP contribution in [0, 0.1) is 13.8 Å². The zero-order chi connectivity index (χ0) is 15.5. The first-order valence-electron chi connectivity index (χ1n) is 7.96. The zero-order valence-corrected chi connectivity index (χ0v) is 13.6. The van der Waals surface area contributed by atoms with Crippen molar-refractivity contribution >= 4 is 0 Å². The van der Waals surface area contributed by atoms with Gasteiger partial charge in [-0.15, -0.1) is 0 Å². The molecular weight excluding hydrogens is 264 g/mol. The Kier molecular flexibility index (Phi) is 4.11. The van der Waals surface area contributed by atoms with Gasteiger partial charge in [-0.25, -0.2) is 0 Å². The number of hydrogen-bond donors (Lipinski definition) is 0. The number of rotatable bonds is 3. The molecule has 0 saturated heterocycles. The first-order chi connectivity index (χ1) is 10.7. The summed E-state index contributed by atoms with van der Waals surface area (Å²) in [5, 5.41) is 0.